The van der Waals surface area contributed by atoms with E-state index in [1.807, 2.05) is 6.92 Å². The van der Waals surface area contributed by atoms with Crippen molar-refractivity contribution in [3.63, 3.8) is 0 Å². The Balaban J connectivity index is 1.25. The Kier molecular flexibility index (Phi) is 5.38. The molecule has 0 bridgehead atoms. The molecule has 1 aromatic carbocycles. The maximum Gasteiger partial charge on any atom is 0.451 e. The minimum atomic E-state index is -4.52. The quantitative estimate of drug-likeness (QED) is 0.579. The number of carbonyl (C=O) groups excluding carboxylic acids is 1. The van der Waals surface area contributed by atoms with Gasteiger partial charge in [0.1, 0.15) is 17.3 Å². The molecule has 7 nitrogen and oxygen atoms in total. The minimum Gasteiger partial charge on any atom is -0.350 e. The van der Waals surface area contributed by atoms with E-state index in [1.54, 1.807) is 6.07 Å². The van der Waals surface area contributed by atoms with Crippen LogP contribution in [0, 0.1) is 12.7 Å². The van der Waals surface area contributed by atoms with Crippen molar-refractivity contribution in [3.05, 3.63) is 46.9 Å². The molecule has 11 heteroatoms. The van der Waals surface area contributed by atoms with Gasteiger partial charge in [-0.1, -0.05) is 6.07 Å². The normalized spacial score (nSPS) is 21.8. The Hall–Kier alpha value is -2.95. The van der Waals surface area contributed by atoms with Crippen molar-refractivity contribution in [2.45, 2.75) is 64.0 Å². The molecule has 3 aromatic rings. The summed E-state index contributed by atoms with van der Waals surface area (Å²) in [4.78, 5) is 18.0. The van der Waals surface area contributed by atoms with Crippen LogP contribution in [0.5, 0.6) is 0 Å². The fourth-order valence-electron chi connectivity index (χ4n) is 5.04. The van der Waals surface area contributed by atoms with Gasteiger partial charge in [-0.25, -0.2) is 4.39 Å². The molecular formula is C22H24F4N6O. The lowest BCUT2D eigenvalue weighted by Crippen LogP contribution is -2.48. The maximum absolute atomic E-state index is 14.1. The first kappa shape index (κ1) is 21.9. The average Bonchev–Trinajstić information content (AvgIpc) is 3.41. The van der Waals surface area contributed by atoms with Gasteiger partial charge in [0.25, 0.3) is 5.91 Å². The fraction of sp³-hybridized carbons (Fsp3) is 0.500. The van der Waals surface area contributed by atoms with Crippen molar-refractivity contribution < 1.29 is 22.4 Å². The zero-order valence-corrected chi connectivity index (χ0v) is 18.0. The van der Waals surface area contributed by atoms with Crippen LogP contribution in [0.3, 0.4) is 0 Å². The van der Waals surface area contributed by atoms with Crippen molar-refractivity contribution in [2.24, 2.45) is 0 Å². The van der Waals surface area contributed by atoms with Crippen LogP contribution in [0.15, 0.2) is 18.2 Å². The zero-order valence-electron chi connectivity index (χ0n) is 18.0. The Morgan fingerprint density at radius 1 is 1.21 bits per heavy atom. The number of halogens is 4. The molecule has 33 heavy (non-hydrogen) atoms. The lowest BCUT2D eigenvalue weighted by Gasteiger charge is -2.39. The van der Waals surface area contributed by atoms with Gasteiger partial charge in [0.2, 0.25) is 5.82 Å². The third-order valence-corrected chi connectivity index (χ3v) is 6.73. The number of rotatable bonds is 3. The van der Waals surface area contributed by atoms with E-state index >= 15 is 0 Å². The summed E-state index contributed by atoms with van der Waals surface area (Å²) in [7, 11) is 0. The fourth-order valence-corrected chi connectivity index (χ4v) is 5.04. The first-order chi connectivity index (χ1) is 15.7. The number of nitrogens with one attached hydrogen (secondary N) is 2. The highest BCUT2D eigenvalue weighted by molar-refractivity contribution is 5.99. The molecule has 2 atom stereocenters. The van der Waals surface area contributed by atoms with E-state index in [0.29, 0.717) is 41.9 Å². The molecule has 5 rings (SSSR count). The zero-order chi connectivity index (χ0) is 23.3. The summed E-state index contributed by atoms with van der Waals surface area (Å²) >= 11 is 0. The molecule has 0 saturated heterocycles. The molecule has 0 unspecified atom stereocenters. The van der Waals surface area contributed by atoms with E-state index in [2.05, 4.69) is 25.4 Å². The van der Waals surface area contributed by atoms with Crippen LogP contribution in [0.1, 0.15) is 53.4 Å². The number of aryl methyl sites for hydroxylation is 1. The lowest BCUT2D eigenvalue weighted by atomic mass is 9.89. The highest BCUT2D eigenvalue weighted by atomic mass is 19.4. The number of nitrogens with zero attached hydrogens (tertiary/aromatic N) is 4. The summed E-state index contributed by atoms with van der Waals surface area (Å²) in [5.41, 5.74) is 1.78. The molecule has 1 amide bonds. The number of carbonyl (C=O) groups is 1. The second-order valence-electron chi connectivity index (χ2n) is 8.89. The number of H-pyrrole nitrogens is 1. The second kappa shape index (κ2) is 8.12. The molecule has 1 aliphatic carbocycles. The van der Waals surface area contributed by atoms with Gasteiger partial charge in [-0.15, -0.1) is 10.2 Å². The molecule has 176 valence electrons. The SMILES string of the molecule is Cc1ccc(F)c2cc(C(=O)N[C@@H]3CCC[C@@H](N4CCn5c(nnc5C(F)(F)F)C4)C3)[nH]c12. The van der Waals surface area contributed by atoms with Gasteiger partial charge in [-0.2, -0.15) is 13.2 Å². The van der Waals surface area contributed by atoms with Gasteiger partial charge < -0.3 is 14.9 Å². The molecule has 2 aromatic heterocycles. The molecular weight excluding hydrogens is 440 g/mol. The van der Waals surface area contributed by atoms with Crippen LogP contribution in [-0.2, 0) is 19.3 Å². The highest BCUT2D eigenvalue weighted by Crippen LogP contribution is 2.31. The molecule has 1 saturated carbocycles. The third kappa shape index (κ3) is 4.09. The van der Waals surface area contributed by atoms with Crippen LogP contribution < -0.4 is 5.32 Å². The van der Waals surface area contributed by atoms with Gasteiger partial charge in [-0.05, 0) is 50.3 Å². The lowest BCUT2D eigenvalue weighted by molar-refractivity contribution is -0.148. The van der Waals surface area contributed by atoms with E-state index in [-0.39, 0.29) is 30.4 Å². The highest BCUT2D eigenvalue weighted by Gasteiger charge is 2.40. The first-order valence-electron chi connectivity index (χ1n) is 11.0. The van der Waals surface area contributed by atoms with Crippen molar-refractivity contribution in [1.29, 1.82) is 0 Å². The molecule has 1 aliphatic heterocycles. The molecule has 2 aliphatic rings. The van der Waals surface area contributed by atoms with Gasteiger partial charge in [0, 0.05) is 30.6 Å². The number of benzene rings is 1. The van der Waals surface area contributed by atoms with E-state index in [4.69, 9.17) is 0 Å². The van der Waals surface area contributed by atoms with Crippen molar-refractivity contribution >= 4 is 16.8 Å². The topological polar surface area (TPSA) is 78.8 Å². The summed E-state index contributed by atoms with van der Waals surface area (Å²) in [5.74, 6) is -1.30. The summed E-state index contributed by atoms with van der Waals surface area (Å²) in [6, 6.07) is 4.64. The second-order valence-corrected chi connectivity index (χ2v) is 8.89. The number of aromatic amines is 1. The smallest absolute Gasteiger partial charge is 0.350 e. The molecule has 3 heterocycles. The van der Waals surface area contributed by atoms with Gasteiger partial charge in [0.15, 0.2) is 0 Å². The predicted octanol–water partition coefficient (Wildman–Crippen LogP) is 3.78. The molecule has 0 radical (unpaired) electrons. The molecule has 0 spiro atoms. The van der Waals surface area contributed by atoms with E-state index in [1.165, 1.54) is 12.1 Å². The van der Waals surface area contributed by atoms with Crippen molar-refractivity contribution in [1.82, 2.24) is 30.0 Å². The van der Waals surface area contributed by atoms with Gasteiger partial charge in [0.05, 0.1) is 12.1 Å². The number of hydrogen-bond acceptors (Lipinski definition) is 4. The largest absolute Gasteiger partial charge is 0.451 e. The summed E-state index contributed by atoms with van der Waals surface area (Å²) in [6.07, 6.45) is -1.20. The Bertz CT molecular complexity index is 1160. The van der Waals surface area contributed by atoms with Gasteiger partial charge in [-0.3, -0.25) is 9.69 Å². The predicted molar refractivity (Wildman–Crippen MR) is 112 cm³/mol. The van der Waals surface area contributed by atoms with E-state index in [9.17, 15) is 22.4 Å². The van der Waals surface area contributed by atoms with Gasteiger partial charge >= 0.3 is 6.18 Å². The Morgan fingerprint density at radius 2 is 2.03 bits per heavy atom. The minimum absolute atomic E-state index is 0.0702. The van der Waals surface area contributed by atoms with E-state index in [0.717, 1.165) is 29.4 Å². The summed E-state index contributed by atoms with van der Waals surface area (Å²) < 4.78 is 54.5. The molecule has 2 N–H and O–H groups in total. The maximum atomic E-state index is 14.1. The monoisotopic (exact) mass is 464 g/mol. The van der Waals surface area contributed by atoms with Crippen LogP contribution in [-0.4, -0.2) is 49.2 Å². The number of fused-ring (bicyclic) bond motifs is 2. The standard InChI is InChI=1S/C22H24F4N6O/c1-12-5-6-16(23)15-10-17(28-19(12)15)20(33)27-13-3-2-4-14(9-13)31-7-8-32-18(11-31)29-30-21(32)22(24,25)26/h5-6,10,13-14,28H,2-4,7-9,11H2,1H3,(H,27,33)/t13-,14-/m1/s1. The van der Waals surface area contributed by atoms with E-state index < -0.39 is 12.0 Å². The summed E-state index contributed by atoms with van der Waals surface area (Å²) in [5, 5.41) is 10.5. The van der Waals surface area contributed by atoms with Crippen molar-refractivity contribution in [3.8, 4) is 0 Å². The van der Waals surface area contributed by atoms with Crippen LogP contribution in [0.4, 0.5) is 17.6 Å². The summed E-state index contributed by atoms with van der Waals surface area (Å²) in [6.45, 7) is 2.81. The van der Waals surface area contributed by atoms with Crippen LogP contribution in [0.25, 0.3) is 10.9 Å². The average molecular weight is 464 g/mol. The molecule has 1 fully saturated rings. The first-order valence-corrected chi connectivity index (χ1v) is 11.0. The van der Waals surface area contributed by atoms with Crippen molar-refractivity contribution in [2.75, 3.05) is 6.54 Å². The number of amides is 1. The van der Waals surface area contributed by atoms with Crippen LogP contribution >= 0.6 is 0 Å². The number of aromatic nitrogens is 4. The third-order valence-electron chi connectivity index (χ3n) is 6.73. The number of alkyl halides is 3. The number of hydrogen-bond donors (Lipinski definition) is 2. The Morgan fingerprint density at radius 3 is 2.79 bits per heavy atom. The van der Waals surface area contributed by atoms with Crippen LogP contribution in [0.2, 0.25) is 0 Å². The Labute approximate surface area is 187 Å².